The van der Waals surface area contributed by atoms with E-state index in [0.29, 0.717) is 47.1 Å². The Morgan fingerprint density at radius 1 is 0.678 bits per heavy atom. The van der Waals surface area contributed by atoms with Gasteiger partial charge in [-0.1, -0.05) is 33.8 Å². The molecule has 0 bridgehead atoms. The van der Waals surface area contributed by atoms with Crippen molar-refractivity contribution in [3.8, 4) is 23.9 Å². The summed E-state index contributed by atoms with van der Waals surface area (Å²) in [5, 5.41) is 34.5. The number of nitrogens with one attached hydrogen (secondary N) is 2. The Morgan fingerprint density at radius 2 is 1.08 bits per heavy atom. The molecule has 6 heterocycles. The summed E-state index contributed by atoms with van der Waals surface area (Å²) in [6.45, 7) is 17.4. The molecular formula is C44H51F3N10O2. The number of alkyl halides is 3. The van der Waals surface area contributed by atoms with Crippen molar-refractivity contribution in [2.24, 2.45) is 23.3 Å². The fraction of sp³-hybridized carbons (Fsp3) is 0.455. The van der Waals surface area contributed by atoms with E-state index >= 15 is 0 Å². The highest BCUT2D eigenvalue weighted by Crippen LogP contribution is 2.55. The molecule has 0 radical (unpaired) electrons. The quantitative estimate of drug-likeness (QED) is 0.149. The number of aromatic amines is 2. The maximum Gasteiger partial charge on any atom is 0.416 e. The Bertz CT molecular complexity index is 2420. The van der Waals surface area contributed by atoms with Crippen molar-refractivity contribution < 1.29 is 22.6 Å². The third kappa shape index (κ3) is 6.61. The molecule has 2 saturated heterocycles. The lowest BCUT2D eigenvalue weighted by Crippen LogP contribution is -2.41. The van der Waals surface area contributed by atoms with E-state index in [1.165, 1.54) is 30.2 Å². The second-order valence-electron chi connectivity index (χ2n) is 16.6. The second-order valence-corrected chi connectivity index (χ2v) is 16.6. The molecule has 4 aliphatic rings. The number of rotatable bonds is 6. The topological polar surface area (TPSA) is 182 Å². The van der Waals surface area contributed by atoms with Crippen LogP contribution in [0.1, 0.15) is 98.1 Å². The number of allylic oxidation sites excluding steroid dienone is 2. The summed E-state index contributed by atoms with van der Waals surface area (Å²) in [6, 6.07) is 15.2. The van der Waals surface area contributed by atoms with Crippen molar-refractivity contribution in [1.82, 2.24) is 20.4 Å². The van der Waals surface area contributed by atoms with Gasteiger partial charge in [0.15, 0.2) is 0 Å². The van der Waals surface area contributed by atoms with Gasteiger partial charge in [-0.25, -0.2) is 0 Å². The van der Waals surface area contributed by atoms with Gasteiger partial charge in [0.05, 0.1) is 27.5 Å². The molecule has 0 aliphatic carbocycles. The molecule has 0 spiro atoms. The van der Waals surface area contributed by atoms with Crippen LogP contribution in [0.5, 0.6) is 11.8 Å². The number of nitrogens with two attached hydrogens (primary N) is 2. The van der Waals surface area contributed by atoms with Crippen molar-refractivity contribution in [3.63, 3.8) is 0 Å². The van der Waals surface area contributed by atoms with Crippen molar-refractivity contribution in [3.05, 3.63) is 104 Å². The summed E-state index contributed by atoms with van der Waals surface area (Å²) in [4.78, 5) is 4.38. The number of H-pyrrole nitrogens is 2. The van der Waals surface area contributed by atoms with Crippen LogP contribution in [0, 0.1) is 55.3 Å². The number of hydrogen-bond donors (Lipinski definition) is 4. The number of anilines is 2. The first-order valence-corrected chi connectivity index (χ1v) is 20.1. The minimum absolute atomic E-state index is 0.0767. The Kier molecular flexibility index (Phi) is 10.6. The zero-order valence-electron chi connectivity index (χ0n) is 34.6. The van der Waals surface area contributed by atoms with E-state index in [1.807, 2.05) is 25.7 Å². The number of ether oxygens (including phenoxy) is 2. The highest BCUT2D eigenvalue weighted by molar-refractivity contribution is 5.67. The van der Waals surface area contributed by atoms with Crippen LogP contribution in [-0.2, 0) is 17.0 Å². The van der Waals surface area contributed by atoms with Gasteiger partial charge in [-0.05, 0) is 105 Å². The number of fused-ring (bicyclic) bond motifs is 2. The zero-order valence-corrected chi connectivity index (χ0v) is 34.6. The monoisotopic (exact) mass is 808 g/mol. The van der Waals surface area contributed by atoms with Gasteiger partial charge >= 0.3 is 6.18 Å². The van der Waals surface area contributed by atoms with Crippen LogP contribution in [-0.4, -0.2) is 46.6 Å². The van der Waals surface area contributed by atoms with Gasteiger partial charge in [0.1, 0.15) is 23.3 Å². The summed E-state index contributed by atoms with van der Waals surface area (Å²) in [7, 11) is 0. The van der Waals surface area contributed by atoms with Crippen LogP contribution >= 0.6 is 0 Å². The maximum atomic E-state index is 13.9. The summed E-state index contributed by atoms with van der Waals surface area (Å²) in [6.07, 6.45) is -0.252. The Labute approximate surface area is 342 Å². The molecule has 2 fully saturated rings. The predicted octanol–water partition coefficient (Wildman–Crippen LogP) is 8.02. The Balaban J connectivity index is 0.000000180. The van der Waals surface area contributed by atoms with Crippen LogP contribution in [0.15, 0.2) is 59.3 Å². The van der Waals surface area contributed by atoms with Gasteiger partial charge in [-0.2, -0.15) is 23.7 Å². The smallest absolute Gasteiger partial charge is 0.416 e. The minimum atomic E-state index is -4.54. The number of aromatic nitrogens is 4. The summed E-state index contributed by atoms with van der Waals surface area (Å²) in [5.41, 5.74) is 17.4. The lowest BCUT2D eigenvalue weighted by Gasteiger charge is -2.41. The lowest BCUT2D eigenvalue weighted by molar-refractivity contribution is -0.137. The number of nitrogens with zero attached hydrogens (tertiary/aromatic N) is 6. The van der Waals surface area contributed by atoms with Crippen LogP contribution < -0.4 is 30.7 Å². The number of aryl methyl sites for hydroxylation is 3. The molecule has 2 aromatic carbocycles. The van der Waals surface area contributed by atoms with Gasteiger partial charge in [0, 0.05) is 48.9 Å². The lowest BCUT2D eigenvalue weighted by atomic mass is 9.61. The number of hydrogen-bond acceptors (Lipinski definition) is 10. The van der Waals surface area contributed by atoms with Crippen molar-refractivity contribution in [2.75, 3.05) is 36.0 Å². The molecule has 15 heteroatoms. The van der Waals surface area contributed by atoms with Crippen LogP contribution in [0.25, 0.3) is 0 Å². The van der Waals surface area contributed by atoms with Gasteiger partial charge in [0.2, 0.25) is 23.5 Å². The number of halogens is 3. The molecule has 4 aromatic rings. The highest BCUT2D eigenvalue weighted by atomic mass is 19.4. The van der Waals surface area contributed by atoms with Crippen LogP contribution in [0.4, 0.5) is 24.5 Å². The van der Waals surface area contributed by atoms with E-state index < -0.39 is 22.6 Å². The second kappa shape index (κ2) is 15.3. The van der Waals surface area contributed by atoms with Crippen LogP contribution in [0.2, 0.25) is 0 Å². The third-order valence-corrected chi connectivity index (χ3v) is 12.4. The van der Waals surface area contributed by atoms with Gasteiger partial charge in [0.25, 0.3) is 0 Å². The fourth-order valence-electron chi connectivity index (χ4n) is 9.83. The van der Waals surface area contributed by atoms with E-state index in [2.05, 4.69) is 76.4 Å². The molecule has 2 atom stereocenters. The zero-order chi connectivity index (χ0) is 42.6. The maximum absolute atomic E-state index is 13.9. The molecule has 0 amide bonds. The normalized spacial score (nSPS) is 21.5. The Morgan fingerprint density at radius 3 is 1.47 bits per heavy atom. The molecule has 0 unspecified atom stereocenters. The van der Waals surface area contributed by atoms with Crippen molar-refractivity contribution in [2.45, 2.75) is 91.2 Å². The first-order valence-electron chi connectivity index (χ1n) is 20.1. The SMILES string of the molecule is Cc1[nH]nc2c1[C@@](c1cc(N3CCCC3)cc(C(F)(F)F)c1)(C(C)C)C(C#N)=C(N)O2.Cc1cc(N2CCCC2)cc([C@@]2(C(C)C)C(C#N)=C(N)Oc3n[nH]c(C)c32)c1. The van der Waals surface area contributed by atoms with Crippen molar-refractivity contribution >= 4 is 11.4 Å². The van der Waals surface area contributed by atoms with Gasteiger partial charge in [-0.15, -0.1) is 10.2 Å². The molecule has 59 heavy (non-hydrogen) atoms. The van der Waals surface area contributed by atoms with Crippen molar-refractivity contribution in [1.29, 1.82) is 10.5 Å². The minimum Gasteiger partial charge on any atom is -0.420 e. The van der Waals surface area contributed by atoms with E-state index in [0.717, 1.165) is 48.8 Å². The first-order chi connectivity index (χ1) is 28.0. The standard InChI is InChI=1S/C22H24F3N5O.C22H27N5O/c1-12(2)21(17(11-26)19(27)31-20-18(21)13(3)28-29-20)14-8-15(22(23,24)25)10-16(9-14)30-6-4-5-7-30;1-13(2)22(16-9-14(3)10-17(11-16)27-7-5-6-8-27)18(12-23)20(24)28-21-19(22)15(4)25-26-21/h8-10,12H,4-7,27H2,1-3H3,(H,28,29);9-11,13H,5-8,24H2,1-4H3,(H,25,26)/t21-;22-/m10/s1. The average molecular weight is 809 g/mol. The molecule has 4 aliphatic heterocycles. The fourth-order valence-corrected chi connectivity index (χ4v) is 9.83. The van der Waals surface area contributed by atoms with E-state index in [-0.39, 0.29) is 35.1 Å². The molecule has 6 N–H and O–H groups in total. The summed E-state index contributed by atoms with van der Waals surface area (Å²) >= 11 is 0. The van der Waals surface area contributed by atoms with E-state index in [9.17, 15) is 23.7 Å². The highest BCUT2D eigenvalue weighted by Gasteiger charge is 2.53. The number of benzene rings is 2. The largest absolute Gasteiger partial charge is 0.420 e. The first kappa shape index (κ1) is 41.1. The molecule has 0 saturated carbocycles. The van der Waals surface area contributed by atoms with Gasteiger partial charge in [-0.3, -0.25) is 10.2 Å². The van der Waals surface area contributed by atoms with E-state index in [1.54, 1.807) is 13.0 Å². The molecule has 310 valence electrons. The summed E-state index contributed by atoms with van der Waals surface area (Å²) < 4.78 is 53.1. The van der Waals surface area contributed by atoms with E-state index in [4.69, 9.17) is 20.9 Å². The average Bonchev–Trinajstić information content (AvgIpc) is 4.03. The van der Waals surface area contributed by atoms with Crippen LogP contribution in [0.3, 0.4) is 0 Å². The third-order valence-electron chi connectivity index (χ3n) is 12.4. The molecule has 2 aromatic heterocycles. The summed E-state index contributed by atoms with van der Waals surface area (Å²) in [5.74, 6) is 0.409. The predicted molar refractivity (Wildman–Crippen MR) is 218 cm³/mol. The molecule has 12 nitrogen and oxygen atoms in total. The van der Waals surface area contributed by atoms with Gasteiger partial charge < -0.3 is 30.7 Å². The Hall–Kier alpha value is -6.09. The number of nitriles is 2. The molecular weight excluding hydrogens is 758 g/mol. The molecule has 8 rings (SSSR count).